The number of benzene rings is 2. The van der Waals surface area contributed by atoms with Crippen LogP contribution in [0.4, 0.5) is 13.2 Å². The summed E-state index contributed by atoms with van der Waals surface area (Å²) in [5, 5.41) is 0. The monoisotopic (exact) mass is 256 g/mol. The van der Waals surface area contributed by atoms with Crippen molar-refractivity contribution in [1.29, 1.82) is 0 Å². The third kappa shape index (κ3) is 4.95. The molecule has 0 heterocycles. The summed E-state index contributed by atoms with van der Waals surface area (Å²) in [6, 6.07) is 18.4. The summed E-state index contributed by atoms with van der Waals surface area (Å²) in [6.07, 6.45) is 0. The predicted molar refractivity (Wildman–Crippen MR) is 66.2 cm³/mol. The minimum absolute atomic E-state index is 1.02. The Morgan fingerprint density at radius 1 is 0.765 bits per heavy atom. The van der Waals surface area contributed by atoms with Crippen LogP contribution in [-0.4, -0.2) is 6.68 Å². The fraction of sp³-hybridized carbons (Fsp3) is 0.0769. The Morgan fingerprint density at radius 3 is 1.76 bits per heavy atom. The smallest absolute Gasteiger partial charge is 0.174 e. The fourth-order valence-electron chi connectivity index (χ4n) is 1.34. The fourth-order valence-corrected chi connectivity index (χ4v) is 1.63. The molecular weight excluding hydrogens is 245 g/mol. The molecule has 2 rings (SSSR count). The molecular formula is C13H11F3S. The van der Waals surface area contributed by atoms with E-state index in [1.54, 1.807) is 0 Å². The zero-order valence-electron chi connectivity index (χ0n) is 8.85. The van der Waals surface area contributed by atoms with Gasteiger partial charge in [-0.15, -0.1) is 12.6 Å². The summed E-state index contributed by atoms with van der Waals surface area (Å²) in [7, 11) is 0. The first-order chi connectivity index (χ1) is 8.11. The van der Waals surface area contributed by atoms with E-state index in [4.69, 9.17) is 0 Å². The largest absolute Gasteiger partial charge is 0.379 e. The van der Waals surface area contributed by atoms with Crippen molar-refractivity contribution in [3.8, 4) is 11.1 Å². The second-order valence-corrected chi connectivity index (χ2v) is 3.61. The zero-order chi connectivity index (χ0) is 12.7. The number of hydrogen-bond donors (Lipinski definition) is 1. The molecule has 0 spiro atoms. The second kappa shape index (κ2) is 7.01. The minimum atomic E-state index is -3.67. The van der Waals surface area contributed by atoms with Gasteiger partial charge in [-0.2, -0.15) is 13.2 Å². The molecule has 0 aliphatic heterocycles. The van der Waals surface area contributed by atoms with Crippen molar-refractivity contribution < 1.29 is 13.2 Å². The summed E-state index contributed by atoms with van der Waals surface area (Å²) < 4.78 is 29.0. The van der Waals surface area contributed by atoms with Crippen LogP contribution in [0.3, 0.4) is 0 Å². The molecule has 0 bridgehead atoms. The van der Waals surface area contributed by atoms with Crippen molar-refractivity contribution in [2.45, 2.75) is 11.6 Å². The van der Waals surface area contributed by atoms with E-state index in [1.807, 2.05) is 36.4 Å². The van der Waals surface area contributed by atoms with Gasteiger partial charge < -0.3 is 0 Å². The van der Waals surface area contributed by atoms with Gasteiger partial charge in [-0.25, -0.2) is 0 Å². The summed E-state index contributed by atoms with van der Waals surface area (Å²) >= 11 is 4.41. The number of halogens is 3. The summed E-state index contributed by atoms with van der Waals surface area (Å²) in [4.78, 5) is 1.02. The van der Waals surface area contributed by atoms with Crippen LogP contribution >= 0.6 is 12.6 Å². The molecule has 0 saturated carbocycles. The molecule has 0 aromatic heterocycles. The number of alkyl halides is 3. The van der Waals surface area contributed by atoms with Crippen LogP contribution in [0.5, 0.6) is 0 Å². The molecule has 0 nitrogen and oxygen atoms in total. The Morgan fingerprint density at radius 2 is 1.24 bits per heavy atom. The highest BCUT2D eigenvalue weighted by Gasteiger charge is 1.98. The van der Waals surface area contributed by atoms with Gasteiger partial charge in [0.05, 0.1) is 0 Å². The lowest BCUT2D eigenvalue weighted by Gasteiger charge is -2.03. The Hall–Kier alpha value is -1.42. The van der Waals surface area contributed by atoms with E-state index >= 15 is 0 Å². The molecule has 17 heavy (non-hydrogen) atoms. The van der Waals surface area contributed by atoms with Gasteiger partial charge >= 0.3 is 6.68 Å². The second-order valence-electron chi connectivity index (χ2n) is 3.13. The average Bonchev–Trinajstić information content (AvgIpc) is 2.30. The van der Waals surface area contributed by atoms with E-state index in [2.05, 4.69) is 30.8 Å². The first-order valence-corrected chi connectivity index (χ1v) is 5.31. The Labute approximate surface area is 104 Å². The first-order valence-electron chi connectivity index (χ1n) is 4.87. The van der Waals surface area contributed by atoms with Gasteiger partial charge in [0.2, 0.25) is 0 Å². The molecule has 0 saturated heterocycles. The average molecular weight is 256 g/mol. The van der Waals surface area contributed by atoms with E-state index < -0.39 is 6.68 Å². The van der Waals surface area contributed by atoms with Crippen molar-refractivity contribution in [2.24, 2.45) is 0 Å². The van der Waals surface area contributed by atoms with Gasteiger partial charge in [-0.05, 0) is 17.2 Å². The van der Waals surface area contributed by atoms with Crippen LogP contribution in [0.2, 0.25) is 0 Å². The van der Waals surface area contributed by atoms with Crippen molar-refractivity contribution in [3.63, 3.8) is 0 Å². The van der Waals surface area contributed by atoms with E-state index in [0.29, 0.717) is 0 Å². The van der Waals surface area contributed by atoms with Crippen LogP contribution in [0.1, 0.15) is 0 Å². The van der Waals surface area contributed by atoms with E-state index in [1.165, 1.54) is 11.1 Å². The lowest BCUT2D eigenvalue weighted by molar-refractivity contribution is 0.00819. The highest BCUT2D eigenvalue weighted by atomic mass is 32.1. The minimum Gasteiger partial charge on any atom is -0.174 e. The van der Waals surface area contributed by atoms with Gasteiger partial charge in [-0.3, -0.25) is 0 Å². The number of rotatable bonds is 1. The normalized spacial score (nSPS) is 9.71. The van der Waals surface area contributed by atoms with Crippen LogP contribution in [-0.2, 0) is 0 Å². The molecule has 2 aromatic carbocycles. The topological polar surface area (TPSA) is 0 Å². The van der Waals surface area contributed by atoms with Gasteiger partial charge in [-0.1, -0.05) is 48.5 Å². The number of hydrogen-bond acceptors (Lipinski definition) is 1. The number of thiol groups is 1. The Bertz CT molecular complexity index is 441. The molecule has 0 radical (unpaired) electrons. The SMILES string of the molecule is FC(F)F.Sc1ccccc1-c1ccccc1. The summed E-state index contributed by atoms with van der Waals surface area (Å²) in [6.45, 7) is -3.67. The maximum Gasteiger partial charge on any atom is 0.379 e. The highest BCUT2D eigenvalue weighted by molar-refractivity contribution is 7.80. The molecule has 90 valence electrons. The van der Waals surface area contributed by atoms with Gasteiger partial charge in [0.15, 0.2) is 0 Å². The third-order valence-electron chi connectivity index (χ3n) is 1.99. The maximum absolute atomic E-state index is 9.67. The molecule has 2 aromatic rings. The molecule has 0 fully saturated rings. The maximum atomic E-state index is 9.67. The summed E-state index contributed by atoms with van der Waals surface area (Å²) in [5.74, 6) is 0. The third-order valence-corrected chi connectivity index (χ3v) is 2.38. The molecule has 0 unspecified atom stereocenters. The van der Waals surface area contributed by atoms with Crippen LogP contribution in [0.15, 0.2) is 59.5 Å². The van der Waals surface area contributed by atoms with E-state index in [0.717, 1.165) is 4.90 Å². The lowest BCUT2D eigenvalue weighted by atomic mass is 10.1. The van der Waals surface area contributed by atoms with Gasteiger partial charge in [0, 0.05) is 4.90 Å². The molecule has 0 atom stereocenters. The van der Waals surface area contributed by atoms with Crippen molar-refractivity contribution in [1.82, 2.24) is 0 Å². The standard InChI is InChI=1S/C12H10S.CHF3/c13-12-9-5-4-8-11(12)10-6-2-1-3-7-10;2-1(3)4/h1-9,13H;1H. The highest BCUT2D eigenvalue weighted by Crippen LogP contribution is 2.25. The zero-order valence-corrected chi connectivity index (χ0v) is 9.75. The van der Waals surface area contributed by atoms with E-state index in [9.17, 15) is 13.2 Å². The molecule has 0 N–H and O–H groups in total. The first kappa shape index (κ1) is 13.6. The van der Waals surface area contributed by atoms with Crippen LogP contribution in [0.25, 0.3) is 11.1 Å². The van der Waals surface area contributed by atoms with Crippen LogP contribution < -0.4 is 0 Å². The van der Waals surface area contributed by atoms with Gasteiger partial charge in [0.25, 0.3) is 0 Å². The quantitative estimate of drug-likeness (QED) is 0.695. The Kier molecular flexibility index (Phi) is 5.63. The summed E-state index contributed by atoms with van der Waals surface area (Å²) in [5.41, 5.74) is 2.40. The van der Waals surface area contributed by atoms with Crippen molar-refractivity contribution >= 4 is 12.6 Å². The van der Waals surface area contributed by atoms with Gasteiger partial charge in [0.1, 0.15) is 0 Å². The molecule has 0 amide bonds. The molecule has 0 aliphatic carbocycles. The lowest BCUT2D eigenvalue weighted by Crippen LogP contribution is -1.77. The van der Waals surface area contributed by atoms with Crippen LogP contribution in [0, 0.1) is 0 Å². The van der Waals surface area contributed by atoms with Crippen molar-refractivity contribution in [3.05, 3.63) is 54.6 Å². The Balaban J connectivity index is 0.000000317. The molecule has 0 aliphatic rings. The molecule has 4 heteroatoms. The van der Waals surface area contributed by atoms with Crippen molar-refractivity contribution in [2.75, 3.05) is 0 Å². The predicted octanol–water partition coefficient (Wildman–Crippen LogP) is 4.82. The van der Waals surface area contributed by atoms with E-state index in [-0.39, 0.29) is 0 Å².